The quantitative estimate of drug-likeness (QED) is 0.397. The number of hydrazine groups is 1. The van der Waals surface area contributed by atoms with Crippen LogP contribution in [0.4, 0.5) is 19.0 Å². The highest BCUT2D eigenvalue weighted by Gasteiger charge is 2.46. The SMILES string of the molecule is C[C@@H]1C[C@H](C(F)(F)F)n2ncc(C(=O)NN)c2N1. The largest absolute Gasteiger partial charge is 0.410 e. The first-order valence-electron chi connectivity index (χ1n) is 5.26. The normalized spacial score (nSPS) is 23.2. The Hall–Kier alpha value is -1.77. The molecule has 1 aromatic heterocycles. The van der Waals surface area contributed by atoms with E-state index in [-0.39, 0.29) is 17.8 Å². The highest BCUT2D eigenvalue weighted by Crippen LogP contribution is 2.39. The number of hydrogen-bond acceptors (Lipinski definition) is 4. The maximum atomic E-state index is 12.9. The Balaban J connectivity index is 2.46. The van der Waals surface area contributed by atoms with Gasteiger partial charge in [-0.3, -0.25) is 10.2 Å². The van der Waals surface area contributed by atoms with Crippen LogP contribution >= 0.6 is 0 Å². The van der Waals surface area contributed by atoms with E-state index in [4.69, 9.17) is 5.84 Å². The van der Waals surface area contributed by atoms with E-state index in [0.29, 0.717) is 0 Å². The standard InChI is InChI=1S/C9H12F3N5O/c1-4-2-6(9(10,11)12)17-7(15-4)5(3-14-17)8(18)16-13/h3-4,6,15H,2,13H2,1H3,(H,16,18)/t4-,6-/m1/s1. The highest BCUT2D eigenvalue weighted by molar-refractivity contribution is 5.98. The van der Waals surface area contributed by atoms with Crippen LogP contribution in [-0.2, 0) is 0 Å². The molecule has 0 spiro atoms. The van der Waals surface area contributed by atoms with Gasteiger partial charge in [0.25, 0.3) is 5.91 Å². The van der Waals surface area contributed by atoms with Crippen molar-refractivity contribution in [3.05, 3.63) is 11.8 Å². The molecule has 2 atom stereocenters. The van der Waals surface area contributed by atoms with Crippen molar-refractivity contribution in [2.45, 2.75) is 31.6 Å². The van der Waals surface area contributed by atoms with Gasteiger partial charge >= 0.3 is 6.18 Å². The van der Waals surface area contributed by atoms with E-state index in [1.807, 2.05) is 5.43 Å². The van der Waals surface area contributed by atoms with Crippen molar-refractivity contribution in [3.8, 4) is 0 Å². The fourth-order valence-electron chi connectivity index (χ4n) is 1.99. The minimum absolute atomic E-state index is 0.00157. The van der Waals surface area contributed by atoms with Crippen molar-refractivity contribution < 1.29 is 18.0 Å². The number of anilines is 1. The molecular formula is C9H12F3N5O. The minimum atomic E-state index is -4.41. The fourth-order valence-corrected chi connectivity index (χ4v) is 1.99. The molecule has 0 fully saturated rings. The van der Waals surface area contributed by atoms with Gasteiger partial charge < -0.3 is 5.32 Å². The number of nitrogens with one attached hydrogen (secondary N) is 2. The van der Waals surface area contributed by atoms with Crippen molar-refractivity contribution in [3.63, 3.8) is 0 Å². The number of aromatic nitrogens is 2. The van der Waals surface area contributed by atoms with Crippen molar-refractivity contribution in [1.29, 1.82) is 0 Å². The third-order valence-electron chi connectivity index (χ3n) is 2.80. The van der Waals surface area contributed by atoms with E-state index in [2.05, 4.69) is 10.4 Å². The van der Waals surface area contributed by atoms with E-state index < -0.39 is 24.2 Å². The van der Waals surface area contributed by atoms with Crippen molar-refractivity contribution in [1.82, 2.24) is 15.2 Å². The Bertz CT molecular complexity index is 469. The summed E-state index contributed by atoms with van der Waals surface area (Å²) in [5.74, 6) is 4.32. The Morgan fingerprint density at radius 2 is 2.33 bits per heavy atom. The zero-order chi connectivity index (χ0) is 13.5. The number of carbonyl (C=O) groups excluding carboxylic acids is 1. The molecule has 0 unspecified atom stereocenters. The maximum Gasteiger partial charge on any atom is 0.410 e. The number of nitrogen functional groups attached to an aromatic ring is 1. The van der Waals surface area contributed by atoms with Crippen molar-refractivity contribution in [2.24, 2.45) is 5.84 Å². The van der Waals surface area contributed by atoms with Gasteiger partial charge in [0.15, 0.2) is 6.04 Å². The van der Waals surface area contributed by atoms with Crippen LogP contribution in [0.2, 0.25) is 0 Å². The molecule has 1 aliphatic rings. The molecule has 0 bridgehead atoms. The Labute approximate surface area is 100 Å². The molecule has 100 valence electrons. The lowest BCUT2D eigenvalue weighted by molar-refractivity contribution is -0.173. The summed E-state index contributed by atoms with van der Waals surface area (Å²) in [5, 5.41) is 6.44. The summed E-state index contributed by atoms with van der Waals surface area (Å²) in [6.45, 7) is 1.61. The molecule has 4 N–H and O–H groups in total. The number of carbonyl (C=O) groups is 1. The van der Waals surface area contributed by atoms with Crippen LogP contribution < -0.4 is 16.6 Å². The fraction of sp³-hybridized carbons (Fsp3) is 0.556. The number of fused-ring (bicyclic) bond motifs is 1. The van der Waals surface area contributed by atoms with E-state index in [0.717, 1.165) is 10.9 Å². The first-order chi connectivity index (χ1) is 8.34. The van der Waals surface area contributed by atoms with Crippen LogP contribution in [0.25, 0.3) is 0 Å². The molecule has 6 nitrogen and oxygen atoms in total. The summed E-state index contributed by atoms with van der Waals surface area (Å²) >= 11 is 0. The molecule has 2 rings (SSSR count). The summed E-state index contributed by atoms with van der Waals surface area (Å²) < 4.78 is 39.4. The van der Waals surface area contributed by atoms with E-state index in [1.165, 1.54) is 0 Å². The monoisotopic (exact) mass is 263 g/mol. The second-order valence-electron chi connectivity index (χ2n) is 4.16. The second-order valence-corrected chi connectivity index (χ2v) is 4.16. The van der Waals surface area contributed by atoms with Gasteiger partial charge in [-0.1, -0.05) is 0 Å². The number of alkyl halides is 3. The Morgan fingerprint density at radius 3 is 2.89 bits per heavy atom. The predicted molar refractivity (Wildman–Crippen MR) is 56.7 cm³/mol. The zero-order valence-corrected chi connectivity index (χ0v) is 9.45. The maximum absolute atomic E-state index is 12.9. The van der Waals surface area contributed by atoms with Gasteiger partial charge in [-0.2, -0.15) is 18.3 Å². The van der Waals surface area contributed by atoms with Crippen LogP contribution in [0, 0.1) is 0 Å². The molecular weight excluding hydrogens is 251 g/mol. The van der Waals surface area contributed by atoms with Crippen LogP contribution in [-0.4, -0.2) is 27.9 Å². The molecule has 9 heteroatoms. The third-order valence-corrected chi connectivity index (χ3v) is 2.80. The molecule has 1 aromatic rings. The number of nitrogens with two attached hydrogens (primary N) is 1. The second kappa shape index (κ2) is 4.16. The molecule has 1 aliphatic heterocycles. The van der Waals surface area contributed by atoms with Gasteiger partial charge in [-0.05, 0) is 13.3 Å². The van der Waals surface area contributed by atoms with Gasteiger partial charge in [0.2, 0.25) is 0 Å². The predicted octanol–water partition coefficient (Wildman–Crippen LogP) is 0.794. The van der Waals surface area contributed by atoms with Crippen LogP contribution in [0.15, 0.2) is 6.20 Å². The molecule has 0 saturated carbocycles. The molecule has 0 saturated heterocycles. The third kappa shape index (κ3) is 2.01. The summed E-state index contributed by atoms with van der Waals surface area (Å²) in [6, 6.07) is -2.15. The van der Waals surface area contributed by atoms with E-state index in [1.54, 1.807) is 6.92 Å². The smallest absolute Gasteiger partial charge is 0.367 e. The Morgan fingerprint density at radius 1 is 1.67 bits per heavy atom. The molecule has 1 amide bonds. The summed E-state index contributed by atoms with van der Waals surface area (Å²) in [6.07, 6.45) is -3.48. The average Bonchev–Trinajstić information content (AvgIpc) is 2.69. The van der Waals surface area contributed by atoms with Crippen LogP contribution in [0.1, 0.15) is 29.7 Å². The van der Waals surface area contributed by atoms with Crippen molar-refractivity contribution >= 4 is 11.7 Å². The summed E-state index contributed by atoms with van der Waals surface area (Å²) in [4.78, 5) is 11.4. The lowest BCUT2D eigenvalue weighted by Gasteiger charge is -2.31. The summed E-state index contributed by atoms with van der Waals surface area (Å²) in [5.41, 5.74) is 1.87. The first kappa shape index (κ1) is 12.7. The first-order valence-corrected chi connectivity index (χ1v) is 5.26. The lowest BCUT2D eigenvalue weighted by Crippen LogP contribution is -2.39. The average molecular weight is 263 g/mol. The zero-order valence-electron chi connectivity index (χ0n) is 9.45. The van der Waals surface area contributed by atoms with Gasteiger partial charge in [-0.15, -0.1) is 0 Å². The number of halogens is 3. The van der Waals surface area contributed by atoms with Gasteiger partial charge in [-0.25, -0.2) is 10.5 Å². The molecule has 0 aromatic carbocycles. The number of amides is 1. The van der Waals surface area contributed by atoms with Crippen molar-refractivity contribution in [2.75, 3.05) is 5.32 Å². The number of nitrogens with zero attached hydrogens (tertiary/aromatic N) is 2. The topological polar surface area (TPSA) is 85.0 Å². The van der Waals surface area contributed by atoms with Gasteiger partial charge in [0.1, 0.15) is 11.4 Å². The highest BCUT2D eigenvalue weighted by atomic mass is 19.4. The Kier molecular flexibility index (Phi) is 2.93. The summed E-state index contributed by atoms with van der Waals surface area (Å²) in [7, 11) is 0. The molecule has 2 heterocycles. The van der Waals surface area contributed by atoms with Gasteiger partial charge in [0.05, 0.1) is 6.20 Å². The van der Waals surface area contributed by atoms with E-state index in [9.17, 15) is 18.0 Å². The van der Waals surface area contributed by atoms with Gasteiger partial charge in [0, 0.05) is 6.04 Å². The number of rotatable bonds is 1. The lowest BCUT2D eigenvalue weighted by atomic mass is 10.1. The van der Waals surface area contributed by atoms with E-state index >= 15 is 0 Å². The van der Waals surface area contributed by atoms with Crippen LogP contribution in [0.3, 0.4) is 0 Å². The minimum Gasteiger partial charge on any atom is -0.367 e. The molecule has 18 heavy (non-hydrogen) atoms. The number of hydrogen-bond donors (Lipinski definition) is 3. The molecule has 0 radical (unpaired) electrons. The van der Waals surface area contributed by atoms with Crippen LogP contribution in [0.5, 0.6) is 0 Å². The molecule has 0 aliphatic carbocycles.